The van der Waals surface area contributed by atoms with Gasteiger partial charge in [-0.25, -0.2) is 4.79 Å². The van der Waals surface area contributed by atoms with Crippen LogP contribution in [0.3, 0.4) is 0 Å². The summed E-state index contributed by atoms with van der Waals surface area (Å²) in [4.78, 5) is 25.1. The number of rotatable bonds is 9. The molecule has 0 bridgehead atoms. The van der Waals surface area contributed by atoms with Crippen molar-refractivity contribution in [2.75, 3.05) is 11.1 Å². The number of amides is 2. The van der Waals surface area contributed by atoms with E-state index in [-0.39, 0.29) is 11.7 Å². The molecule has 12 heteroatoms. The maximum atomic E-state index is 12.7. The summed E-state index contributed by atoms with van der Waals surface area (Å²) in [5.41, 5.74) is 1.61. The van der Waals surface area contributed by atoms with Crippen LogP contribution in [0.5, 0.6) is 0 Å². The van der Waals surface area contributed by atoms with Crippen molar-refractivity contribution in [3.63, 3.8) is 0 Å². The fourth-order valence-corrected chi connectivity index (χ4v) is 5.30. The molecule has 1 heterocycles. The van der Waals surface area contributed by atoms with Crippen LogP contribution in [0, 0.1) is 11.8 Å². The molecule has 9 nitrogen and oxygen atoms in total. The third kappa shape index (κ3) is 8.40. The Morgan fingerprint density at radius 1 is 1.10 bits per heavy atom. The van der Waals surface area contributed by atoms with E-state index in [1.54, 1.807) is 18.2 Å². The molecule has 4 rings (SSSR count). The Kier molecular flexibility index (Phi) is 10.1. The molecule has 2 N–H and O–H groups in total. The van der Waals surface area contributed by atoms with Crippen molar-refractivity contribution < 1.29 is 14.3 Å². The van der Waals surface area contributed by atoms with E-state index in [2.05, 4.69) is 38.0 Å². The van der Waals surface area contributed by atoms with E-state index in [0.717, 1.165) is 0 Å². The highest BCUT2D eigenvalue weighted by Gasteiger charge is 2.29. The molecular formula is C30H34Cl2N6O3S. The van der Waals surface area contributed by atoms with Crippen molar-refractivity contribution in [3.05, 3.63) is 57.6 Å². The summed E-state index contributed by atoms with van der Waals surface area (Å²) in [6.07, 6.45) is 3.04. The molecule has 0 atom stereocenters. The number of ether oxygens (including phenoxy) is 1. The Morgan fingerprint density at radius 2 is 1.83 bits per heavy atom. The average molecular weight is 630 g/mol. The summed E-state index contributed by atoms with van der Waals surface area (Å²) in [6, 6.07) is 11.0. The quantitative estimate of drug-likeness (QED) is 0.194. The van der Waals surface area contributed by atoms with Gasteiger partial charge in [0.25, 0.3) is 0 Å². The minimum absolute atomic E-state index is 0.0574. The van der Waals surface area contributed by atoms with Crippen LogP contribution >= 0.6 is 35.0 Å². The molecule has 42 heavy (non-hydrogen) atoms. The van der Waals surface area contributed by atoms with Gasteiger partial charge >= 0.3 is 6.09 Å². The van der Waals surface area contributed by atoms with Gasteiger partial charge in [-0.1, -0.05) is 66.7 Å². The smallest absolute Gasteiger partial charge is 0.408 e. The van der Waals surface area contributed by atoms with E-state index in [4.69, 9.17) is 27.9 Å². The second-order valence-corrected chi connectivity index (χ2v) is 12.8. The molecule has 2 aromatic carbocycles. The van der Waals surface area contributed by atoms with Gasteiger partial charge < -0.3 is 15.4 Å². The van der Waals surface area contributed by atoms with E-state index in [9.17, 15) is 9.59 Å². The molecule has 1 aromatic heterocycles. The fourth-order valence-electron chi connectivity index (χ4n) is 4.12. The van der Waals surface area contributed by atoms with Gasteiger partial charge in [0, 0.05) is 5.56 Å². The maximum absolute atomic E-state index is 12.7. The molecule has 2 amide bonds. The van der Waals surface area contributed by atoms with Crippen molar-refractivity contribution >= 4 is 52.7 Å². The zero-order chi connectivity index (χ0) is 30.5. The number of thioether (sulfide) groups is 1. The Hall–Kier alpha value is -3.26. The number of hydrogen-bond donors (Lipinski definition) is 2. The van der Waals surface area contributed by atoms with Crippen molar-refractivity contribution in [3.8, 4) is 17.5 Å². The van der Waals surface area contributed by atoms with E-state index in [1.165, 1.54) is 34.8 Å². The van der Waals surface area contributed by atoms with Gasteiger partial charge in [0.2, 0.25) is 11.1 Å². The monoisotopic (exact) mass is 628 g/mol. The number of tetrazole rings is 1. The van der Waals surface area contributed by atoms with Crippen molar-refractivity contribution in [2.45, 2.75) is 82.5 Å². The van der Waals surface area contributed by atoms with Crippen LogP contribution in [0.2, 0.25) is 10.0 Å². The average Bonchev–Trinajstić information content (AvgIpc) is 3.68. The molecule has 1 saturated carbocycles. The molecule has 3 aromatic rings. The number of halogens is 2. The summed E-state index contributed by atoms with van der Waals surface area (Å²) < 4.78 is 6.94. The van der Waals surface area contributed by atoms with Gasteiger partial charge in [-0.15, -0.1) is 5.10 Å². The molecule has 1 fully saturated rings. The Balaban J connectivity index is 1.38. The van der Waals surface area contributed by atoms with Gasteiger partial charge in [-0.05, 0) is 98.7 Å². The Bertz CT molecular complexity index is 1520. The standard InChI is InChI=1S/C30H34Cl2N6O3S/c1-6-30(7-2,34-28(40)41-29(3,4)5)15-14-19-8-12-24(22(31)16-19)33-26(39)18-42-27-35-36-37-38(27)25-13-11-21(17-23(25)32)20-9-10-20/h8,11-13,16-17,20H,6-7,9-10,18H2,1-5H3,(H,33,39)(H,34,40). The van der Waals surface area contributed by atoms with E-state index in [1.807, 2.05) is 52.8 Å². The molecule has 0 radical (unpaired) electrons. The predicted octanol–water partition coefficient (Wildman–Crippen LogP) is 7.01. The summed E-state index contributed by atoms with van der Waals surface area (Å²) in [6.45, 7) is 9.35. The second kappa shape index (κ2) is 13.4. The van der Waals surface area contributed by atoms with Crippen molar-refractivity contribution in [1.29, 1.82) is 0 Å². The lowest BCUT2D eigenvalue weighted by Gasteiger charge is -2.29. The summed E-state index contributed by atoms with van der Waals surface area (Å²) in [7, 11) is 0. The number of benzene rings is 2. The Morgan fingerprint density at radius 3 is 2.45 bits per heavy atom. The van der Waals surface area contributed by atoms with Gasteiger partial charge in [0.15, 0.2) is 0 Å². The molecule has 1 aliphatic rings. The van der Waals surface area contributed by atoms with E-state index < -0.39 is 17.2 Å². The van der Waals surface area contributed by atoms with E-state index in [0.29, 0.717) is 50.9 Å². The van der Waals surface area contributed by atoms with Crippen molar-refractivity contribution in [2.24, 2.45) is 0 Å². The molecule has 0 spiro atoms. The highest BCUT2D eigenvalue weighted by molar-refractivity contribution is 7.99. The lowest BCUT2D eigenvalue weighted by atomic mass is 9.93. The predicted molar refractivity (Wildman–Crippen MR) is 167 cm³/mol. The first-order chi connectivity index (χ1) is 19.9. The zero-order valence-corrected chi connectivity index (χ0v) is 26.6. The summed E-state index contributed by atoms with van der Waals surface area (Å²) in [5, 5.41) is 18.9. The number of nitrogens with zero attached hydrogens (tertiary/aromatic N) is 4. The van der Waals surface area contributed by atoms with Crippen molar-refractivity contribution in [1.82, 2.24) is 25.5 Å². The molecule has 222 valence electrons. The number of anilines is 1. The Labute approximate surface area is 260 Å². The highest BCUT2D eigenvalue weighted by Crippen LogP contribution is 2.41. The van der Waals surface area contributed by atoms with Crippen LogP contribution in [-0.4, -0.2) is 49.1 Å². The summed E-state index contributed by atoms with van der Waals surface area (Å²) >= 11 is 14.2. The fraction of sp³-hybridized carbons (Fsp3) is 0.433. The number of nitrogens with one attached hydrogen (secondary N) is 2. The lowest BCUT2D eigenvalue weighted by molar-refractivity contribution is -0.113. The van der Waals surface area contributed by atoms with E-state index >= 15 is 0 Å². The van der Waals surface area contributed by atoms with Crippen LogP contribution in [0.4, 0.5) is 10.5 Å². The maximum Gasteiger partial charge on any atom is 0.408 e. The second-order valence-electron chi connectivity index (χ2n) is 11.1. The highest BCUT2D eigenvalue weighted by atomic mass is 35.5. The first-order valence-electron chi connectivity index (χ1n) is 13.8. The van der Waals surface area contributed by atoms with Crippen LogP contribution in [-0.2, 0) is 9.53 Å². The van der Waals surface area contributed by atoms with Gasteiger partial charge in [0.05, 0.1) is 27.2 Å². The SMILES string of the molecule is CCC(C#Cc1ccc(NC(=O)CSc2nnnn2-c2ccc(C3CC3)cc2Cl)c(Cl)c1)(CC)NC(=O)OC(C)(C)C. The first kappa shape index (κ1) is 31.7. The van der Waals surface area contributed by atoms with Gasteiger partial charge in [-0.3, -0.25) is 4.79 Å². The lowest BCUT2D eigenvalue weighted by Crippen LogP contribution is -2.48. The van der Waals surface area contributed by atoms with Gasteiger partial charge in [0.1, 0.15) is 11.1 Å². The number of carbonyl (C=O) groups excluding carboxylic acids is 2. The third-order valence-electron chi connectivity index (χ3n) is 6.66. The largest absolute Gasteiger partial charge is 0.444 e. The number of hydrogen-bond acceptors (Lipinski definition) is 7. The first-order valence-corrected chi connectivity index (χ1v) is 15.5. The number of aromatic nitrogens is 4. The molecule has 0 aliphatic heterocycles. The van der Waals surface area contributed by atoms with Crippen LogP contribution in [0.15, 0.2) is 41.6 Å². The molecule has 0 saturated heterocycles. The molecule has 0 unspecified atom stereocenters. The molecule has 1 aliphatic carbocycles. The minimum Gasteiger partial charge on any atom is -0.444 e. The van der Waals surface area contributed by atoms with Crippen LogP contribution < -0.4 is 10.6 Å². The van der Waals surface area contributed by atoms with Crippen LogP contribution in [0.1, 0.15) is 77.3 Å². The summed E-state index contributed by atoms with van der Waals surface area (Å²) in [5.74, 6) is 6.65. The van der Waals surface area contributed by atoms with Gasteiger partial charge in [-0.2, -0.15) is 4.68 Å². The topological polar surface area (TPSA) is 111 Å². The normalized spacial score (nSPS) is 13.2. The minimum atomic E-state index is -0.752. The number of alkyl carbamates (subject to hydrolysis) is 1. The van der Waals surface area contributed by atoms with Crippen LogP contribution in [0.25, 0.3) is 5.69 Å². The third-order valence-corrected chi connectivity index (χ3v) is 8.19. The molecular weight excluding hydrogens is 595 g/mol. The number of carbonyl (C=O) groups is 2. The zero-order valence-electron chi connectivity index (χ0n) is 24.3.